The Bertz CT molecular complexity index is 1350. The number of nitrogens with zero attached hydrogens (tertiary/aromatic N) is 4. The van der Waals surface area contributed by atoms with Crippen molar-refractivity contribution in [2.75, 3.05) is 5.73 Å². The van der Waals surface area contributed by atoms with Crippen LogP contribution in [0.3, 0.4) is 0 Å². The predicted octanol–water partition coefficient (Wildman–Crippen LogP) is 3.21. The number of nitrogens with two attached hydrogens (primary N) is 1. The fourth-order valence-corrected chi connectivity index (χ4v) is 5.86. The molecule has 4 aromatic rings. The van der Waals surface area contributed by atoms with Gasteiger partial charge >= 0.3 is 0 Å². The van der Waals surface area contributed by atoms with Gasteiger partial charge in [-0.15, -0.1) is 0 Å². The van der Waals surface area contributed by atoms with Crippen molar-refractivity contribution in [3.63, 3.8) is 0 Å². The highest BCUT2D eigenvalue weighted by molar-refractivity contribution is 5.86. The molecule has 0 spiro atoms. The number of aliphatic hydroxyl groups excluding tert-OH is 2. The molecule has 6 rings (SSSR count). The number of hydrogen-bond donors (Lipinski definition) is 3. The summed E-state index contributed by atoms with van der Waals surface area (Å²) >= 11 is 0. The first-order valence-electron chi connectivity index (χ1n) is 11.8. The Kier molecular flexibility index (Phi) is 4.85. The molecule has 0 unspecified atom stereocenters. The minimum atomic E-state index is -0.843. The fourth-order valence-electron chi connectivity index (χ4n) is 5.86. The zero-order chi connectivity index (χ0) is 22.7. The maximum Gasteiger partial charge on any atom is 0.145 e. The summed E-state index contributed by atoms with van der Waals surface area (Å²) in [6.07, 6.45) is 6.23. The minimum Gasteiger partial charge on any atom is -0.390 e. The summed E-state index contributed by atoms with van der Waals surface area (Å²) in [6.45, 7) is 2.28. The zero-order valence-corrected chi connectivity index (χ0v) is 18.7. The molecular formula is C26H29N5O2. The number of anilines is 1. The largest absolute Gasteiger partial charge is 0.390 e. The van der Waals surface area contributed by atoms with E-state index in [1.165, 1.54) is 28.5 Å². The molecule has 0 saturated heterocycles. The van der Waals surface area contributed by atoms with Crippen LogP contribution in [0, 0.1) is 11.8 Å². The van der Waals surface area contributed by atoms with E-state index in [2.05, 4.69) is 41.2 Å². The normalized spacial score (nSPS) is 26.9. The van der Waals surface area contributed by atoms with Crippen LogP contribution in [-0.2, 0) is 19.3 Å². The minimum absolute atomic E-state index is 0.00570. The van der Waals surface area contributed by atoms with Crippen LogP contribution < -0.4 is 5.73 Å². The molecule has 0 aliphatic heterocycles. The number of aryl methyl sites for hydroxylation is 1. The Balaban J connectivity index is 1.19. The van der Waals surface area contributed by atoms with E-state index >= 15 is 0 Å². The molecule has 5 atom stereocenters. The van der Waals surface area contributed by atoms with Gasteiger partial charge in [-0.3, -0.25) is 4.98 Å². The molecule has 0 bridgehead atoms. The van der Waals surface area contributed by atoms with Crippen molar-refractivity contribution < 1.29 is 10.2 Å². The van der Waals surface area contributed by atoms with Gasteiger partial charge in [0.25, 0.3) is 0 Å². The lowest BCUT2D eigenvalue weighted by Gasteiger charge is -2.19. The van der Waals surface area contributed by atoms with E-state index in [0.29, 0.717) is 23.8 Å². The molecule has 0 radical (unpaired) electrons. The van der Waals surface area contributed by atoms with Gasteiger partial charge in [-0.1, -0.05) is 19.1 Å². The first-order chi connectivity index (χ1) is 16.0. The van der Waals surface area contributed by atoms with E-state index in [9.17, 15) is 10.2 Å². The van der Waals surface area contributed by atoms with Crippen molar-refractivity contribution in [3.8, 4) is 0 Å². The van der Waals surface area contributed by atoms with Crippen molar-refractivity contribution in [1.82, 2.24) is 19.5 Å². The van der Waals surface area contributed by atoms with Crippen molar-refractivity contribution in [2.24, 2.45) is 11.8 Å². The molecule has 1 aromatic carbocycles. The van der Waals surface area contributed by atoms with Gasteiger partial charge in [0.1, 0.15) is 23.9 Å². The van der Waals surface area contributed by atoms with Gasteiger partial charge in [-0.25, -0.2) is 9.97 Å². The first kappa shape index (κ1) is 20.6. The first-order valence-corrected chi connectivity index (χ1v) is 11.8. The van der Waals surface area contributed by atoms with E-state index < -0.39 is 12.2 Å². The Morgan fingerprint density at radius 3 is 2.85 bits per heavy atom. The molecule has 3 aromatic heterocycles. The zero-order valence-electron chi connectivity index (χ0n) is 18.7. The van der Waals surface area contributed by atoms with E-state index in [1.54, 1.807) is 0 Å². The van der Waals surface area contributed by atoms with Gasteiger partial charge in [0.05, 0.1) is 23.0 Å². The van der Waals surface area contributed by atoms with E-state index in [0.717, 1.165) is 36.6 Å². The number of pyridine rings is 1. The standard InChI is InChI=1S/C26H29N5O2/c1-14-8-18-11-16-4-2-15(10-21(16)30-20(18)9-14)3-5-17-12-22(24(33)23(17)32)31-7-6-19-25(27)28-13-29-26(19)31/h2,4,6-7,10-11,13-14,17,22-24,32-33H,3,5,8-9,12H2,1H3,(H2,27,28,29)/t14-,17-,22+,23+,24-/m0/s1. The summed E-state index contributed by atoms with van der Waals surface area (Å²) in [6, 6.07) is 10.5. The second-order valence-electron chi connectivity index (χ2n) is 9.94. The smallest absolute Gasteiger partial charge is 0.145 e. The van der Waals surface area contributed by atoms with Crippen LogP contribution in [0.5, 0.6) is 0 Å². The van der Waals surface area contributed by atoms with Crippen LogP contribution in [0.2, 0.25) is 0 Å². The molecule has 33 heavy (non-hydrogen) atoms. The SMILES string of the molecule is C[C@H]1Cc2cc3ccc(CC[C@H]4C[C@@H](n5ccc6c(N)ncnc65)[C@H](O)[C@@H]4O)cc3nc2C1. The third-order valence-electron chi connectivity index (χ3n) is 7.63. The number of aliphatic hydroxyl groups is 2. The highest BCUT2D eigenvalue weighted by Crippen LogP contribution is 2.39. The third kappa shape index (κ3) is 3.47. The maximum absolute atomic E-state index is 10.8. The lowest BCUT2D eigenvalue weighted by Crippen LogP contribution is -2.29. The van der Waals surface area contributed by atoms with E-state index in [1.807, 2.05) is 16.8 Å². The van der Waals surface area contributed by atoms with Crippen molar-refractivity contribution >= 4 is 27.8 Å². The molecule has 2 aliphatic carbocycles. The molecule has 4 N–H and O–H groups in total. The van der Waals surface area contributed by atoms with Gasteiger partial charge in [-0.2, -0.15) is 0 Å². The molecule has 2 aliphatic rings. The topological polar surface area (TPSA) is 110 Å². The predicted molar refractivity (Wildman–Crippen MR) is 128 cm³/mol. The number of aromatic nitrogens is 4. The summed E-state index contributed by atoms with van der Waals surface area (Å²) in [4.78, 5) is 13.3. The highest BCUT2D eigenvalue weighted by Gasteiger charge is 2.42. The average molecular weight is 444 g/mol. The van der Waals surface area contributed by atoms with Gasteiger partial charge in [0, 0.05) is 17.3 Å². The molecule has 170 valence electrons. The van der Waals surface area contributed by atoms with Gasteiger partial charge < -0.3 is 20.5 Å². The highest BCUT2D eigenvalue weighted by atomic mass is 16.3. The number of nitrogen functional groups attached to an aromatic ring is 1. The summed E-state index contributed by atoms with van der Waals surface area (Å²) in [5.41, 5.74) is 11.6. The van der Waals surface area contributed by atoms with Crippen LogP contribution in [0.4, 0.5) is 5.82 Å². The quantitative estimate of drug-likeness (QED) is 0.447. The molecule has 7 heteroatoms. The third-order valence-corrected chi connectivity index (χ3v) is 7.63. The lowest BCUT2D eigenvalue weighted by atomic mass is 9.95. The van der Waals surface area contributed by atoms with E-state index in [-0.39, 0.29) is 12.0 Å². The number of benzene rings is 1. The summed E-state index contributed by atoms with van der Waals surface area (Å²) in [5.74, 6) is 1.10. The monoisotopic (exact) mass is 443 g/mol. The maximum atomic E-state index is 10.8. The van der Waals surface area contributed by atoms with E-state index in [4.69, 9.17) is 10.7 Å². The number of fused-ring (bicyclic) bond motifs is 3. The van der Waals surface area contributed by atoms with Crippen molar-refractivity contribution in [1.29, 1.82) is 0 Å². The van der Waals surface area contributed by atoms with Crippen LogP contribution in [0.1, 0.15) is 42.6 Å². The molecule has 0 amide bonds. The molecule has 7 nitrogen and oxygen atoms in total. The fraction of sp³-hybridized carbons (Fsp3) is 0.423. The van der Waals surface area contributed by atoms with Gasteiger partial charge in [-0.05, 0) is 73.3 Å². The van der Waals surface area contributed by atoms with Gasteiger partial charge in [0.15, 0.2) is 0 Å². The second kappa shape index (κ2) is 7.78. The Labute approximate surface area is 192 Å². The van der Waals surface area contributed by atoms with Crippen molar-refractivity contribution in [3.05, 3.63) is 59.7 Å². The second-order valence-corrected chi connectivity index (χ2v) is 9.94. The van der Waals surface area contributed by atoms with Crippen LogP contribution >= 0.6 is 0 Å². The molecule has 1 fully saturated rings. The molecular weight excluding hydrogens is 414 g/mol. The summed E-state index contributed by atoms with van der Waals surface area (Å²) < 4.78 is 1.93. The Hall–Kier alpha value is -3.03. The van der Waals surface area contributed by atoms with Crippen LogP contribution in [-0.4, -0.2) is 41.9 Å². The number of rotatable bonds is 4. The summed E-state index contributed by atoms with van der Waals surface area (Å²) in [7, 11) is 0. The number of hydrogen-bond acceptors (Lipinski definition) is 6. The van der Waals surface area contributed by atoms with Crippen LogP contribution in [0.25, 0.3) is 21.9 Å². The van der Waals surface area contributed by atoms with Crippen molar-refractivity contribution in [2.45, 2.75) is 57.3 Å². The van der Waals surface area contributed by atoms with Gasteiger partial charge in [0.2, 0.25) is 0 Å². The summed E-state index contributed by atoms with van der Waals surface area (Å²) in [5, 5.41) is 23.6. The van der Waals surface area contributed by atoms with Crippen LogP contribution in [0.15, 0.2) is 42.9 Å². The Morgan fingerprint density at radius 2 is 1.97 bits per heavy atom. The lowest BCUT2D eigenvalue weighted by molar-refractivity contribution is 0.00545. The Morgan fingerprint density at radius 1 is 1.09 bits per heavy atom. The molecule has 1 saturated carbocycles. The average Bonchev–Trinajstić information content (AvgIpc) is 3.46. The molecule has 3 heterocycles.